The molecule has 1 aliphatic rings. The summed E-state index contributed by atoms with van der Waals surface area (Å²) in [5.41, 5.74) is 7.54. The Labute approximate surface area is 244 Å². The monoisotopic (exact) mass is 551 g/mol. The van der Waals surface area contributed by atoms with Crippen molar-refractivity contribution in [1.29, 1.82) is 0 Å². The van der Waals surface area contributed by atoms with E-state index in [4.69, 9.17) is 11.6 Å². The molecule has 1 saturated heterocycles. The van der Waals surface area contributed by atoms with Gasteiger partial charge >= 0.3 is 0 Å². The highest BCUT2D eigenvalue weighted by Crippen LogP contribution is 2.35. The van der Waals surface area contributed by atoms with E-state index in [-0.39, 0.29) is 5.82 Å². The lowest BCUT2D eigenvalue weighted by Gasteiger charge is -2.35. The van der Waals surface area contributed by atoms with E-state index < -0.39 is 0 Å². The van der Waals surface area contributed by atoms with Crippen LogP contribution in [0.5, 0.6) is 0 Å². The van der Waals surface area contributed by atoms with Gasteiger partial charge in [-0.15, -0.1) is 6.58 Å². The number of likely N-dealkylation sites (tertiary alicyclic amines) is 1. The van der Waals surface area contributed by atoms with Gasteiger partial charge in [-0.1, -0.05) is 89.6 Å². The summed E-state index contributed by atoms with van der Waals surface area (Å²) >= 11 is 6.70. The van der Waals surface area contributed by atoms with Gasteiger partial charge in [0.2, 0.25) is 0 Å². The molecular weight excluding hydrogens is 501 g/mol. The van der Waals surface area contributed by atoms with Gasteiger partial charge in [-0.2, -0.15) is 0 Å². The molecule has 0 aliphatic carbocycles. The largest absolute Gasteiger partial charge is 0.371 e. The van der Waals surface area contributed by atoms with Gasteiger partial charge in [-0.25, -0.2) is 4.39 Å². The number of nitrogens with zero attached hydrogens (tertiary/aromatic N) is 1. The predicted molar refractivity (Wildman–Crippen MR) is 174 cm³/mol. The van der Waals surface area contributed by atoms with Crippen molar-refractivity contribution in [2.24, 2.45) is 5.92 Å². The van der Waals surface area contributed by atoms with Crippen LogP contribution >= 0.6 is 11.6 Å². The van der Waals surface area contributed by atoms with Crippen LogP contribution in [0.3, 0.4) is 0 Å². The zero-order chi connectivity index (χ0) is 29.4. The number of unbranched alkanes of at least 4 members (excludes halogenated alkanes) is 3. The molecule has 0 amide bonds. The summed E-state index contributed by atoms with van der Waals surface area (Å²) in [7, 11) is 0. The lowest BCUT2D eigenvalue weighted by molar-refractivity contribution is 0.254. The quantitative estimate of drug-likeness (QED) is 0.152. The van der Waals surface area contributed by atoms with Crippen LogP contribution in [0.2, 0.25) is 5.02 Å². The maximum absolute atomic E-state index is 13.2. The first-order valence-electron chi connectivity index (χ1n) is 14.6. The first-order valence-corrected chi connectivity index (χ1v) is 15.0. The van der Waals surface area contributed by atoms with Gasteiger partial charge in [-0.05, 0) is 104 Å². The average Bonchev–Trinajstić information content (AvgIpc) is 2.93. The van der Waals surface area contributed by atoms with Crippen molar-refractivity contribution in [2.75, 3.05) is 13.1 Å². The van der Waals surface area contributed by atoms with Crippen LogP contribution in [0, 0.1) is 18.7 Å². The molecule has 0 radical (unpaired) electrons. The van der Waals surface area contributed by atoms with Gasteiger partial charge in [0.15, 0.2) is 0 Å². The molecule has 1 aliphatic heterocycles. The molecule has 214 valence electrons. The summed E-state index contributed by atoms with van der Waals surface area (Å²) in [5, 5.41) is 0.737. The van der Waals surface area contributed by atoms with E-state index in [1.165, 1.54) is 24.8 Å². The number of halogens is 2. The molecule has 0 spiro atoms. The van der Waals surface area contributed by atoms with E-state index in [9.17, 15) is 4.39 Å². The van der Waals surface area contributed by atoms with Gasteiger partial charge in [0.25, 0.3) is 0 Å². The van der Waals surface area contributed by atoms with E-state index in [1.54, 1.807) is 18.2 Å². The molecule has 0 N–H and O–H groups in total. The van der Waals surface area contributed by atoms with E-state index in [2.05, 4.69) is 51.1 Å². The molecule has 3 rings (SSSR count). The topological polar surface area (TPSA) is 3.24 Å². The maximum Gasteiger partial charge on any atom is 0.123 e. The Hall–Kier alpha value is -2.58. The predicted octanol–water partition coefficient (Wildman–Crippen LogP) is 11.5. The number of aryl methyl sites for hydroxylation is 1. The fraction of sp³-hybridized carbons (Fsp3) is 0.444. The van der Waals surface area contributed by atoms with Crippen molar-refractivity contribution in [1.82, 2.24) is 4.90 Å². The summed E-state index contributed by atoms with van der Waals surface area (Å²) in [6.07, 6.45) is 10.8. The Balaban J connectivity index is 0.00000142. The molecular formula is C36H51ClFN. The Morgan fingerprint density at radius 1 is 1.00 bits per heavy atom. The van der Waals surface area contributed by atoms with Gasteiger partial charge in [-0.3, -0.25) is 0 Å². The van der Waals surface area contributed by atoms with E-state index in [0.29, 0.717) is 5.92 Å². The summed E-state index contributed by atoms with van der Waals surface area (Å²) in [5.74, 6) is 0.432. The minimum atomic E-state index is -0.174. The number of hydrogen-bond acceptors (Lipinski definition) is 1. The standard InChI is InChI=1S/C31H39ClFN.C3H6.C2H6/c1-6-7-8-9-10-22(2)24(4)29-21-30(31(32)19-23(29)3)25(5)34-17-15-27(16-18-34)20-26-11-13-28(33)14-12-26;1-3-2;1-2/h11-14,19,21,27H,2,4-10,15-18,20H2,1,3H3;3H,1H2,2H3;1-2H3. The summed E-state index contributed by atoms with van der Waals surface area (Å²) in [6.45, 7) is 28.6. The average molecular weight is 552 g/mol. The minimum Gasteiger partial charge on any atom is -0.371 e. The smallest absolute Gasteiger partial charge is 0.123 e. The van der Waals surface area contributed by atoms with Gasteiger partial charge in [0.1, 0.15) is 5.82 Å². The first kappa shape index (κ1) is 34.4. The molecule has 2 aromatic rings. The second-order valence-corrected chi connectivity index (χ2v) is 10.6. The SMILES string of the molecule is C=C(CCCCCC)C(=C)c1cc(C(=C)N2CCC(Cc3ccc(F)cc3)CC2)c(Cl)cc1C.C=CC.CC. The van der Waals surface area contributed by atoms with Gasteiger partial charge in [0.05, 0.1) is 5.02 Å². The second kappa shape index (κ2) is 18.7. The molecule has 0 atom stereocenters. The summed E-state index contributed by atoms with van der Waals surface area (Å²) in [4.78, 5) is 2.35. The Morgan fingerprint density at radius 3 is 2.15 bits per heavy atom. The van der Waals surface area contributed by atoms with Crippen LogP contribution < -0.4 is 0 Å². The van der Waals surface area contributed by atoms with Crippen LogP contribution in [-0.2, 0) is 6.42 Å². The minimum absolute atomic E-state index is 0.174. The van der Waals surface area contributed by atoms with Crippen molar-refractivity contribution in [3.8, 4) is 0 Å². The highest BCUT2D eigenvalue weighted by Gasteiger charge is 2.23. The fourth-order valence-electron chi connectivity index (χ4n) is 4.86. The van der Waals surface area contributed by atoms with Crippen molar-refractivity contribution in [3.05, 3.63) is 107 Å². The normalized spacial score (nSPS) is 12.9. The number of rotatable bonds is 11. The Bertz CT molecular complexity index is 1060. The Kier molecular flexibility index (Phi) is 16.5. The lowest BCUT2D eigenvalue weighted by atomic mass is 9.89. The third kappa shape index (κ3) is 11.2. The zero-order valence-electron chi connectivity index (χ0n) is 25.2. The van der Waals surface area contributed by atoms with Crippen LogP contribution in [-0.4, -0.2) is 18.0 Å². The van der Waals surface area contributed by atoms with Crippen LogP contribution in [0.15, 0.2) is 74.4 Å². The number of allylic oxidation sites excluding steroid dienone is 3. The molecule has 1 fully saturated rings. The highest BCUT2D eigenvalue weighted by molar-refractivity contribution is 6.32. The first-order chi connectivity index (χ1) is 18.7. The highest BCUT2D eigenvalue weighted by atomic mass is 35.5. The zero-order valence-corrected chi connectivity index (χ0v) is 26.0. The van der Waals surface area contributed by atoms with E-state index in [0.717, 1.165) is 83.7 Å². The summed E-state index contributed by atoms with van der Waals surface area (Å²) < 4.78 is 13.2. The van der Waals surface area contributed by atoms with Crippen molar-refractivity contribution in [2.45, 2.75) is 86.0 Å². The molecule has 1 nitrogen and oxygen atoms in total. The molecule has 3 heteroatoms. The molecule has 1 heterocycles. The third-order valence-corrected chi connectivity index (χ3v) is 7.46. The molecule has 2 aromatic carbocycles. The van der Waals surface area contributed by atoms with Crippen molar-refractivity contribution >= 4 is 22.9 Å². The number of piperidine rings is 1. The third-order valence-electron chi connectivity index (χ3n) is 7.14. The number of hydrogen-bond donors (Lipinski definition) is 0. The van der Waals surface area contributed by atoms with Crippen molar-refractivity contribution in [3.63, 3.8) is 0 Å². The molecule has 0 bridgehead atoms. The lowest BCUT2D eigenvalue weighted by Crippen LogP contribution is -2.33. The van der Waals surface area contributed by atoms with Crippen molar-refractivity contribution < 1.29 is 4.39 Å². The fourth-order valence-corrected chi connectivity index (χ4v) is 5.18. The van der Waals surface area contributed by atoms with Gasteiger partial charge < -0.3 is 4.90 Å². The summed E-state index contributed by atoms with van der Waals surface area (Å²) in [6, 6.07) is 11.1. The van der Waals surface area contributed by atoms with Crippen LogP contribution in [0.1, 0.15) is 94.9 Å². The van der Waals surface area contributed by atoms with Crippen LogP contribution in [0.4, 0.5) is 4.39 Å². The molecule has 0 saturated carbocycles. The second-order valence-electron chi connectivity index (χ2n) is 10.2. The van der Waals surface area contributed by atoms with E-state index in [1.807, 2.05) is 39.0 Å². The number of benzene rings is 2. The maximum atomic E-state index is 13.2. The Morgan fingerprint density at radius 2 is 1.59 bits per heavy atom. The molecule has 39 heavy (non-hydrogen) atoms. The van der Waals surface area contributed by atoms with E-state index >= 15 is 0 Å². The molecule has 0 aromatic heterocycles. The van der Waals surface area contributed by atoms with Gasteiger partial charge in [0, 0.05) is 24.4 Å². The van der Waals surface area contributed by atoms with Crippen LogP contribution in [0.25, 0.3) is 11.3 Å². The molecule has 0 unspecified atom stereocenters.